The molecule has 0 radical (unpaired) electrons. The lowest BCUT2D eigenvalue weighted by Gasteiger charge is -2.39. The number of carboxylic acids is 1. The Kier molecular flexibility index (Phi) is 8.45. The molecule has 0 bridgehead atoms. The topological polar surface area (TPSA) is 62.7 Å². The van der Waals surface area contributed by atoms with Gasteiger partial charge in [-0.2, -0.15) is 0 Å². The normalized spacial score (nSPS) is 16.1. The number of ether oxygens (including phenoxy) is 1. The van der Waals surface area contributed by atoms with E-state index in [-0.39, 0.29) is 0 Å². The first-order valence-electron chi connectivity index (χ1n) is 11.7. The Hall–Kier alpha value is -2.16. The molecule has 1 saturated heterocycles. The van der Waals surface area contributed by atoms with Crippen LogP contribution in [0.1, 0.15) is 36.8 Å². The minimum absolute atomic E-state index is 0.572. The maximum atomic E-state index is 13.7. The summed E-state index contributed by atoms with van der Waals surface area (Å²) in [6, 6.07) is 9.83. The van der Waals surface area contributed by atoms with Crippen molar-refractivity contribution < 1.29 is 19.0 Å². The van der Waals surface area contributed by atoms with E-state index in [1.807, 2.05) is 30.0 Å². The van der Waals surface area contributed by atoms with Crippen molar-refractivity contribution in [2.24, 2.45) is 5.41 Å². The first-order valence-corrected chi connectivity index (χ1v) is 13.5. The molecule has 1 N–H and O–H groups in total. The van der Waals surface area contributed by atoms with Gasteiger partial charge in [0, 0.05) is 29.4 Å². The number of carbonyl (C=O) groups is 1. The standard InChI is InChI=1S/C26H31FN2O3S2/c1-32-20-6-7-23-22(16-20)21(19(17-27)18-28-23)4-2-8-26(25(30)31)9-11-29(12-10-26)13-15-34-24-5-3-14-33-24/h3,5-7,14,16,18H,2,4,8-13,15,17H2,1H3,(H,30,31). The Balaban J connectivity index is 1.37. The van der Waals surface area contributed by atoms with Crippen LogP contribution in [0.25, 0.3) is 10.9 Å². The monoisotopic (exact) mass is 502 g/mol. The van der Waals surface area contributed by atoms with Gasteiger partial charge in [-0.1, -0.05) is 6.07 Å². The van der Waals surface area contributed by atoms with Gasteiger partial charge in [0.15, 0.2) is 0 Å². The molecule has 8 heteroatoms. The van der Waals surface area contributed by atoms with Gasteiger partial charge in [0.25, 0.3) is 0 Å². The van der Waals surface area contributed by atoms with Crippen molar-refractivity contribution in [3.05, 3.63) is 53.0 Å². The van der Waals surface area contributed by atoms with Crippen molar-refractivity contribution in [1.29, 1.82) is 0 Å². The van der Waals surface area contributed by atoms with Crippen LogP contribution in [0, 0.1) is 5.41 Å². The van der Waals surface area contributed by atoms with Crippen molar-refractivity contribution in [3.8, 4) is 5.75 Å². The number of aliphatic carboxylic acids is 1. The van der Waals surface area contributed by atoms with Crippen molar-refractivity contribution in [2.45, 2.75) is 43.0 Å². The second kappa shape index (κ2) is 11.5. The zero-order valence-electron chi connectivity index (χ0n) is 19.5. The molecule has 0 amide bonds. The zero-order chi connectivity index (χ0) is 24.0. The van der Waals surface area contributed by atoms with Crippen molar-refractivity contribution >= 4 is 40.0 Å². The van der Waals surface area contributed by atoms with Gasteiger partial charge >= 0.3 is 5.97 Å². The average Bonchev–Trinajstić information content (AvgIpc) is 3.38. The molecule has 1 aromatic carbocycles. The molecular weight excluding hydrogens is 471 g/mol. The van der Waals surface area contributed by atoms with E-state index in [4.69, 9.17) is 4.74 Å². The molecule has 0 atom stereocenters. The van der Waals surface area contributed by atoms with E-state index in [0.29, 0.717) is 43.4 Å². The van der Waals surface area contributed by atoms with Gasteiger partial charge in [0.05, 0.1) is 22.3 Å². The highest BCUT2D eigenvalue weighted by Crippen LogP contribution is 2.38. The lowest BCUT2D eigenvalue weighted by Crippen LogP contribution is -2.45. The van der Waals surface area contributed by atoms with Crippen molar-refractivity contribution in [3.63, 3.8) is 0 Å². The summed E-state index contributed by atoms with van der Waals surface area (Å²) in [4.78, 5) is 19.1. The van der Waals surface area contributed by atoms with Gasteiger partial charge in [-0.3, -0.25) is 9.78 Å². The summed E-state index contributed by atoms with van der Waals surface area (Å²) >= 11 is 3.62. The second-order valence-corrected chi connectivity index (χ2v) is 11.2. The largest absolute Gasteiger partial charge is 0.497 e. The number of halogens is 1. The van der Waals surface area contributed by atoms with E-state index in [1.54, 1.807) is 24.6 Å². The molecule has 1 aliphatic heterocycles. The molecule has 0 saturated carbocycles. The number of thiophene rings is 1. The molecule has 0 unspecified atom stereocenters. The van der Waals surface area contributed by atoms with Gasteiger partial charge < -0.3 is 14.7 Å². The van der Waals surface area contributed by atoms with Crippen LogP contribution in [-0.4, -0.2) is 53.5 Å². The van der Waals surface area contributed by atoms with Gasteiger partial charge in [-0.25, -0.2) is 4.39 Å². The number of aromatic nitrogens is 1. The lowest BCUT2D eigenvalue weighted by molar-refractivity contribution is -0.152. The summed E-state index contributed by atoms with van der Waals surface area (Å²) in [6.45, 7) is 2.01. The highest BCUT2D eigenvalue weighted by molar-refractivity contribution is 8.01. The average molecular weight is 503 g/mol. The number of fused-ring (bicyclic) bond motifs is 1. The van der Waals surface area contributed by atoms with Gasteiger partial charge in [-0.05, 0) is 80.4 Å². The van der Waals surface area contributed by atoms with Crippen LogP contribution >= 0.6 is 23.1 Å². The van der Waals surface area contributed by atoms with Gasteiger partial charge in [-0.15, -0.1) is 23.1 Å². The summed E-state index contributed by atoms with van der Waals surface area (Å²) in [5, 5.41) is 13.1. The molecule has 4 rings (SSSR count). The molecule has 1 fully saturated rings. The lowest BCUT2D eigenvalue weighted by atomic mass is 9.74. The van der Waals surface area contributed by atoms with Crippen molar-refractivity contribution in [1.82, 2.24) is 9.88 Å². The molecule has 0 aliphatic carbocycles. The summed E-state index contributed by atoms with van der Waals surface area (Å²) < 4.78 is 20.4. The fourth-order valence-electron chi connectivity index (χ4n) is 4.81. The number of likely N-dealkylation sites (tertiary alicyclic amines) is 1. The smallest absolute Gasteiger partial charge is 0.309 e. The first kappa shape index (κ1) is 24.9. The number of hydrogen-bond acceptors (Lipinski definition) is 6. The Labute approximate surface area is 208 Å². The quantitative estimate of drug-likeness (QED) is 0.322. The summed E-state index contributed by atoms with van der Waals surface area (Å²) in [5.74, 6) is 1.02. The van der Waals surface area contributed by atoms with Crippen LogP contribution < -0.4 is 4.74 Å². The molecule has 3 heterocycles. The molecule has 5 nitrogen and oxygen atoms in total. The SMILES string of the molecule is COc1ccc2ncc(CF)c(CCCC3(C(=O)O)CCN(CCSc4cccs4)CC3)c2c1. The number of thioether (sulfide) groups is 1. The number of piperidine rings is 1. The molecule has 34 heavy (non-hydrogen) atoms. The second-order valence-electron chi connectivity index (χ2n) is 8.84. The summed E-state index contributed by atoms with van der Waals surface area (Å²) in [6.07, 6.45) is 4.84. The molecule has 2 aromatic heterocycles. The third-order valence-electron chi connectivity index (χ3n) is 6.92. The predicted octanol–water partition coefficient (Wildman–Crippen LogP) is 6.06. The number of hydrogen-bond donors (Lipinski definition) is 1. The van der Waals surface area contributed by atoms with Crippen LogP contribution in [0.3, 0.4) is 0 Å². The number of alkyl halides is 1. The molecule has 3 aromatic rings. The van der Waals surface area contributed by atoms with E-state index >= 15 is 0 Å². The summed E-state index contributed by atoms with van der Waals surface area (Å²) in [5.41, 5.74) is 1.58. The van der Waals surface area contributed by atoms with E-state index < -0.39 is 18.1 Å². The number of benzene rings is 1. The van der Waals surface area contributed by atoms with Gasteiger partial charge in [0.2, 0.25) is 0 Å². The highest BCUT2D eigenvalue weighted by Gasteiger charge is 2.40. The maximum Gasteiger partial charge on any atom is 0.309 e. The van der Waals surface area contributed by atoms with Crippen LogP contribution in [0.2, 0.25) is 0 Å². The van der Waals surface area contributed by atoms with Crippen LogP contribution in [0.5, 0.6) is 5.75 Å². The predicted molar refractivity (Wildman–Crippen MR) is 137 cm³/mol. The first-order chi connectivity index (χ1) is 16.5. The molecular formula is C26H31FN2O3S2. The Morgan fingerprint density at radius 3 is 2.82 bits per heavy atom. The Morgan fingerprint density at radius 2 is 2.15 bits per heavy atom. The fourth-order valence-corrected chi connectivity index (χ4v) is 6.67. The number of carboxylic acid groups (broad SMARTS) is 1. The summed E-state index contributed by atoms with van der Waals surface area (Å²) in [7, 11) is 1.61. The third-order valence-corrected chi connectivity index (χ3v) is 9.03. The van der Waals surface area contributed by atoms with E-state index in [0.717, 1.165) is 41.9 Å². The Morgan fingerprint density at radius 1 is 1.32 bits per heavy atom. The maximum absolute atomic E-state index is 13.7. The third kappa shape index (κ3) is 5.73. The number of methoxy groups -OCH3 is 1. The van der Waals surface area contributed by atoms with E-state index in [1.165, 1.54) is 4.21 Å². The minimum Gasteiger partial charge on any atom is -0.497 e. The number of aryl methyl sites for hydroxylation is 1. The van der Waals surface area contributed by atoms with Gasteiger partial charge in [0.1, 0.15) is 12.4 Å². The van der Waals surface area contributed by atoms with E-state index in [9.17, 15) is 14.3 Å². The zero-order valence-corrected chi connectivity index (χ0v) is 21.1. The highest BCUT2D eigenvalue weighted by atomic mass is 32.2. The molecule has 182 valence electrons. The fraction of sp³-hybridized carbons (Fsp3) is 0.462. The molecule has 0 spiro atoms. The van der Waals surface area contributed by atoms with E-state index in [2.05, 4.69) is 27.4 Å². The minimum atomic E-state index is -0.702. The van der Waals surface area contributed by atoms with Crippen LogP contribution in [-0.2, 0) is 17.9 Å². The Bertz CT molecular complexity index is 1090. The number of rotatable bonds is 11. The number of nitrogens with zero attached hydrogens (tertiary/aromatic N) is 2. The van der Waals surface area contributed by atoms with Crippen LogP contribution in [0.15, 0.2) is 46.1 Å². The van der Waals surface area contributed by atoms with Crippen molar-refractivity contribution in [2.75, 3.05) is 32.5 Å². The van der Waals surface area contributed by atoms with Crippen LogP contribution in [0.4, 0.5) is 4.39 Å². The number of pyridine rings is 1. The molecule has 1 aliphatic rings.